The molecule has 0 bridgehead atoms. The van der Waals surface area contributed by atoms with E-state index in [2.05, 4.69) is 21.9 Å². The van der Waals surface area contributed by atoms with E-state index >= 15 is 0 Å². The van der Waals surface area contributed by atoms with Crippen LogP contribution in [0.15, 0.2) is 66.1 Å². The molecule has 15 nitrogen and oxygen atoms in total. The number of hydrogen-bond acceptors (Lipinski definition) is 12. The first-order valence-electron chi connectivity index (χ1n) is 18.4. The van der Waals surface area contributed by atoms with Gasteiger partial charge in [0.25, 0.3) is 5.91 Å². The number of sulfonamides is 1. The zero-order valence-electron chi connectivity index (χ0n) is 32.1. The lowest BCUT2D eigenvalue weighted by molar-refractivity contribution is -0.141. The van der Waals surface area contributed by atoms with Crippen molar-refractivity contribution in [3.8, 4) is 16.5 Å². The number of likely N-dealkylation sites (tertiary alicyclic amines) is 1. The van der Waals surface area contributed by atoms with E-state index in [4.69, 9.17) is 19.4 Å². The monoisotopic (exact) mass is 808 g/mol. The van der Waals surface area contributed by atoms with Crippen molar-refractivity contribution in [1.82, 2.24) is 30.2 Å². The van der Waals surface area contributed by atoms with Crippen LogP contribution >= 0.6 is 11.3 Å². The first-order chi connectivity index (χ1) is 26.4. The number of aromatic nitrogens is 2. The van der Waals surface area contributed by atoms with Gasteiger partial charge in [-0.2, -0.15) is 0 Å². The summed E-state index contributed by atoms with van der Waals surface area (Å²) in [6.07, 6.45) is 1.53. The molecule has 0 spiro atoms. The number of alkyl carbamates (subject to hydrolysis) is 1. The van der Waals surface area contributed by atoms with Gasteiger partial charge in [-0.3, -0.25) is 23.9 Å². The number of thiophene rings is 1. The number of carbonyl (C=O) groups is 5. The predicted molar refractivity (Wildman–Crippen MR) is 211 cm³/mol. The fourth-order valence-corrected chi connectivity index (χ4v) is 8.15. The predicted octanol–water partition coefficient (Wildman–Crippen LogP) is 4.58. The fraction of sp³-hybridized carbons (Fsp3) is 0.462. The zero-order chi connectivity index (χ0) is 40.8. The molecule has 4 unspecified atom stereocenters. The van der Waals surface area contributed by atoms with Crippen LogP contribution in [0, 0.1) is 0 Å². The minimum atomic E-state index is -3.93. The highest BCUT2D eigenvalue weighted by atomic mass is 32.2. The van der Waals surface area contributed by atoms with Crippen molar-refractivity contribution >= 4 is 62.0 Å². The van der Waals surface area contributed by atoms with E-state index in [0.29, 0.717) is 29.6 Å². The molecule has 1 saturated heterocycles. The third-order valence-corrected chi connectivity index (χ3v) is 11.5. The molecule has 1 aliphatic carbocycles. The van der Waals surface area contributed by atoms with Crippen molar-refractivity contribution in [1.29, 1.82) is 0 Å². The Bertz CT molecular complexity index is 2110. The number of nitrogens with one attached hydrogen (secondary N) is 3. The highest BCUT2D eigenvalue weighted by Gasteiger charge is 2.45. The maximum absolute atomic E-state index is 14.5. The Labute approximate surface area is 330 Å². The number of fused-ring (bicyclic) bond motifs is 1. The van der Waals surface area contributed by atoms with Crippen molar-refractivity contribution in [2.45, 2.75) is 108 Å². The van der Waals surface area contributed by atoms with Crippen molar-refractivity contribution in [3.05, 3.63) is 66.1 Å². The van der Waals surface area contributed by atoms with Gasteiger partial charge in [-0.25, -0.2) is 23.2 Å². The van der Waals surface area contributed by atoms with Crippen LogP contribution in [0.4, 0.5) is 4.79 Å². The first-order valence-corrected chi connectivity index (χ1v) is 20.8. The number of rotatable bonds is 16. The minimum Gasteiger partial charge on any atom is -0.471 e. The van der Waals surface area contributed by atoms with Gasteiger partial charge >= 0.3 is 6.09 Å². The van der Waals surface area contributed by atoms with Gasteiger partial charge < -0.3 is 25.0 Å². The van der Waals surface area contributed by atoms with Crippen LogP contribution in [0.25, 0.3) is 21.6 Å². The maximum atomic E-state index is 14.5. The Hall–Kier alpha value is -5.16. The largest absolute Gasteiger partial charge is 0.471 e. The molecule has 17 heteroatoms. The Morgan fingerprint density at radius 3 is 2.32 bits per heavy atom. The van der Waals surface area contributed by atoms with Crippen LogP contribution in [-0.2, 0) is 33.9 Å². The molecule has 3 aromatic rings. The maximum Gasteiger partial charge on any atom is 0.408 e. The molecule has 56 heavy (non-hydrogen) atoms. The summed E-state index contributed by atoms with van der Waals surface area (Å²) in [5.41, 5.74) is 1.52. The quantitative estimate of drug-likeness (QED) is 0.135. The molecule has 4 amide bonds. The standard InChI is InChI=1S/C39H48N6O9S2/c1-7-11-29(34(47)44-56(51,52)26-16-17-26)41-35(48)31-21-25(53-36-33(32-14-10-19-55-32)40-27-12-8-9-13-28(27)42-36)22-45(31)37(49)30(18-15-24(46)20-23(2)3)43-38(50)54-39(4,5)6/h7-10,12-14,19-20,25-26,29-31H,1,11,15-18,21-22H2,2-6H3,(H,41,48)(H,43,50)(H,44,47). The van der Waals surface area contributed by atoms with Crippen LogP contribution < -0.4 is 20.1 Å². The van der Waals surface area contributed by atoms with Gasteiger partial charge in [0, 0.05) is 12.8 Å². The van der Waals surface area contributed by atoms with Gasteiger partial charge in [-0.05, 0) is 90.0 Å². The number of ether oxygens (including phenoxy) is 2. The second-order valence-electron chi connectivity index (χ2n) is 15.0. The SMILES string of the molecule is C=CCC(NC(=O)C1CC(Oc2nc3ccccc3nc2-c2cccs2)CN1C(=O)C(CCC(=O)C=C(C)C)NC(=O)OC(C)(C)C)C(=O)NS(=O)(=O)C1CC1. The summed E-state index contributed by atoms with van der Waals surface area (Å²) < 4.78 is 39.2. The summed E-state index contributed by atoms with van der Waals surface area (Å²) in [5, 5.41) is 6.41. The van der Waals surface area contributed by atoms with Gasteiger partial charge in [0.2, 0.25) is 27.7 Å². The van der Waals surface area contributed by atoms with Crippen molar-refractivity contribution < 1.29 is 41.9 Å². The van der Waals surface area contributed by atoms with E-state index in [1.54, 1.807) is 40.7 Å². The summed E-state index contributed by atoms with van der Waals surface area (Å²) in [7, 11) is -3.93. The van der Waals surface area contributed by atoms with Crippen LogP contribution in [-0.4, -0.2) is 94.5 Å². The summed E-state index contributed by atoms with van der Waals surface area (Å²) in [6, 6.07) is 7.10. The molecular formula is C39H48N6O9S2. The third-order valence-electron chi connectivity index (χ3n) is 8.78. The average Bonchev–Trinajstić information content (AvgIpc) is 3.69. The van der Waals surface area contributed by atoms with E-state index in [1.807, 2.05) is 35.7 Å². The topological polar surface area (TPSA) is 203 Å². The van der Waals surface area contributed by atoms with E-state index in [9.17, 15) is 32.4 Å². The lowest BCUT2D eigenvalue weighted by atomic mass is 10.1. The second kappa shape index (κ2) is 17.7. The molecule has 1 saturated carbocycles. The van der Waals surface area contributed by atoms with Gasteiger partial charge in [-0.1, -0.05) is 29.8 Å². The molecule has 2 fully saturated rings. The number of benzene rings is 1. The van der Waals surface area contributed by atoms with Crippen LogP contribution in [0.2, 0.25) is 0 Å². The summed E-state index contributed by atoms with van der Waals surface area (Å²) in [5.74, 6) is -2.50. The molecule has 2 aromatic heterocycles. The second-order valence-corrected chi connectivity index (χ2v) is 18.0. The number of nitrogens with zero attached hydrogens (tertiary/aromatic N) is 3. The molecule has 2 aliphatic rings. The van der Waals surface area contributed by atoms with E-state index < -0.39 is 68.9 Å². The van der Waals surface area contributed by atoms with Crippen molar-refractivity contribution in [3.63, 3.8) is 0 Å². The van der Waals surface area contributed by atoms with Crippen molar-refractivity contribution in [2.75, 3.05) is 6.54 Å². The number of carbonyl (C=O) groups excluding carboxylic acids is 5. The normalized spacial score (nSPS) is 18.0. The Morgan fingerprint density at radius 2 is 1.71 bits per heavy atom. The van der Waals surface area contributed by atoms with Gasteiger partial charge in [0.1, 0.15) is 35.5 Å². The summed E-state index contributed by atoms with van der Waals surface area (Å²) >= 11 is 1.43. The van der Waals surface area contributed by atoms with Crippen LogP contribution in [0.5, 0.6) is 5.88 Å². The van der Waals surface area contributed by atoms with Gasteiger partial charge in [-0.15, -0.1) is 17.9 Å². The average molecular weight is 809 g/mol. The molecule has 3 N–H and O–H groups in total. The molecule has 0 radical (unpaired) electrons. The molecule has 300 valence electrons. The molecular weight excluding hydrogens is 761 g/mol. The number of para-hydroxylation sites is 2. The number of ketones is 1. The summed E-state index contributed by atoms with van der Waals surface area (Å²) in [6.45, 7) is 12.0. The molecule has 5 rings (SSSR count). The molecule has 3 heterocycles. The van der Waals surface area contributed by atoms with E-state index in [-0.39, 0.29) is 43.9 Å². The number of amides is 4. The van der Waals surface area contributed by atoms with Crippen LogP contribution in [0.1, 0.15) is 73.1 Å². The van der Waals surface area contributed by atoms with Gasteiger partial charge in [0.05, 0.1) is 27.7 Å². The van der Waals surface area contributed by atoms with E-state index in [1.165, 1.54) is 28.4 Å². The Morgan fingerprint density at radius 1 is 1.02 bits per heavy atom. The van der Waals surface area contributed by atoms with Crippen molar-refractivity contribution in [2.24, 2.45) is 0 Å². The molecule has 4 atom stereocenters. The lowest BCUT2D eigenvalue weighted by Crippen LogP contribution is -2.57. The van der Waals surface area contributed by atoms with E-state index in [0.717, 1.165) is 10.5 Å². The first kappa shape index (κ1) is 42.0. The molecule has 1 aromatic carbocycles. The van der Waals surface area contributed by atoms with Gasteiger partial charge in [0.15, 0.2) is 5.78 Å². The lowest BCUT2D eigenvalue weighted by Gasteiger charge is -2.30. The Kier molecular flexibility index (Phi) is 13.3. The smallest absolute Gasteiger partial charge is 0.408 e. The third kappa shape index (κ3) is 11.2. The highest BCUT2D eigenvalue weighted by Crippen LogP contribution is 2.34. The zero-order valence-corrected chi connectivity index (χ0v) is 33.7. The molecule has 1 aliphatic heterocycles. The Balaban J connectivity index is 1.47. The number of allylic oxidation sites excluding steroid dienone is 2. The minimum absolute atomic E-state index is 0.0748. The van der Waals surface area contributed by atoms with Crippen LogP contribution in [0.3, 0.4) is 0 Å². The fourth-order valence-electron chi connectivity index (χ4n) is 6.10. The summed E-state index contributed by atoms with van der Waals surface area (Å²) in [4.78, 5) is 79.2. The highest BCUT2D eigenvalue weighted by molar-refractivity contribution is 7.90. The number of hydrogen-bond donors (Lipinski definition) is 3.